The van der Waals surface area contributed by atoms with Crippen LogP contribution in [0.1, 0.15) is 74.9 Å². The number of fused-ring (bicyclic) bond motifs is 9. The number of nitrogens with zero attached hydrogens (tertiary/aromatic N) is 9. The summed E-state index contributed by atoms with van der Waals surface area (Å²) in [6.45, 7) is 13.8. The first kappa shape index (κ1) is 50.4. The van der Waals surface area contributed by atoms with Gasteiger partial charge in [-0.25, -0.2) is 15.0 Å². The van der Waals surface area contributed by atoms with Crippen LogP contribution in [0.15, 0.2) is 200 Å². The van der Waals surface area contributed by atoms with Gasteiger partial charge < -0.3 is 0 Å². The third-order valence-corrected chi connectivity index (χ3v) is 20.5. The fraction of sp³-hybridized carbons (Fsp3) is 0.125. The molecule has 0 unspecified atom stereocenters. The summed E-state index contributed by atoms with van der Waals surface area (Å²) in [5.74, 6) is 0. The molecule has 0 amide bonds. The van der Waals surface area contributed by atoms with Crippen molar-refractivity contribution in [1.82, 2.24) is 45.5 Å². The summed E-state index contributed by atoms with van der Waals surface area (Å²) in [7, 11) is 0. The highest BCUT2D eigenvalue weighted by Crippen LogP contribution is 2.53. The van der Waals surface area contributed by atoms with E-state index in [0.29, 0.717) is 15.0 Å². The Hall–Kier alpha value is -9.33. The minimum absolute atomic E-state index is 0.0751. The fourth-order valence-corrected chi connectivity index (χ4v) is 15.5. The van der Waals surface area contributed by atoms with Gasteiger partial charge in [0.1, 0.15) is 32.1 Å². The topological polar surface area (TPSA) is 116 Å². The zero-order chi connectivity index (χ0) is 56.6. The minimum atomic E-state index is -0.124. The van der Waals surface area contributed by atoms with E-state index in [9.17, 15) is 0 Å². The van der Waals surface area contributed by atoms with E-state index in [-0.39, 0.29) is 16.2 Å². The SMILES string of the molecule is CC1(C)c2ccccc2-c2cc(-c3cccc(-c4nnc(-c5cc(-c6nnc(-c7cccc(-c8ccc9c(c8)C(C)(C)c8ccccc8-9)n7)s6)cc(-c6nnc(-c7cccc(-c8ccc9c(c8)C(C)(C)c8ccccc8-9)n7)s6)c5)s4)n3)ccc21. The van der Waals surface area contributed by atoms with Gasteiger partial charge in [0.15, 0.2) is 15.0 Å². The molecule has 0 N–H and O–H groups in total. The average Bonchev–Trinajstić information content (AvgIpc) is 2.17. The Morgan fingerprint density at radius 1 is 0.226 bits per heavy atom. The molecule has 13 aromatic rings. The summed E-state index contributed by atoms with van der Waals surface area (Å²) in [4.78, 5) is 15.6. The largest absolute Gasteiger partial charge is 0.245 e. The molecule has 402 valence electrons. The molecule has 6 heterocycles. The van der Waals surface area contributed by atoms with Gasteiger partial charge in [-0.05, 0) is 140 Å². The van der Waals surface area contributed by atoms with Crippen molar-refractivity contribution in [1.29, 1.82) is 0 Å². The van der Waals surface area contributed by atoms with Crippen LogP contribution in [0, 0.1) is 0 Å². The van der Waals surface area contributed by atoms with Crippen LogP contribution in [0.3, 0.4) is 0 Å². The number of hydrogen-bond donors (Lipinski definition) is 0. The molecule has 16 rings (SSSR count). The Kier molecular flexibility index (Phi) is 11.3. The van der Waals surface area contributed by atoms with Crippen LogP contribution in [0.25, 0.3) is 131 Å². The van der Waals surface area contributed by atoms with Crippen molar-refractivity contribution >= 4 is 34.0 Å². The lowest BCUT2D eigenvalue weighted by Crippen LogP contribution is -2.14. The van der Waals surface area contributed by atoms with Crippen LogP contribution < -0.4 is 0 Å². The van der Waals surface area contributed by atoms with Gasteiger partial charge in [-0.1, -0.05) is 203 Å². The predicted molar refractivity (Wildman–Crippen MR) is 342 cm³/mol. The number of hydrogen-bond acceptors (Lipinski definition) is 12. The summed E-state index contributed by atoms with van der Waals surface area (Å²) in [5, 5.41) is 33.2. The molecule has 0 fully saturated rings. The third-order valence-electron chi connectivity index (χ3n) is 17.5. The maximum Gasteiger partial charge on any atom is 0.166 e. The second-order valence-electron chi connectivity index (χ2n) is 23.6. The smallest absolute Gasteiger partial charge is 0.166 e. The van der Waals surface area contributed by atoms with Crippen molar-refractivity contribution in [2.24, 2.45) is 0 Å². The third kappa shape index (κ3) is 8.03. The number of aromatic nitrogens is 9. The highest BCUT2D eigenvalue weighted by molar-refractivity contribution is 7.18. The van der Waals surface area contributed by atoms with Crippen LogP contribution >= 0.6 is 34.0 Å². The van der Waals surface area contributed by atoms with Gasteiger partial charge in [-0.2, -0.15) is 0 Å². The Balaban J connectivity index is 0.745. The van der Waals surface area contributed by atoms with E-state index in [4.69, 9.17) is 45.5 Å². The molecule has 6 aromatic heterocycles. The first-order valence-corrected chi connectivity index (χ1v) is 30.6. The van der Waals surface area contributed by atoms with E-state index < -0.39 is 0 Å². The molecule has 9 nitrogen and oxygen atoms in total. The Bertz CT molecular complexity index is 4660. The molecule has 7 aromatic carbocycles. The van der Waals surface area contributed by atoms with E-state index >= 15 is 0 Å². The second-order valence-corrected chi connectivity index (χ2v) is 26.5. The molecule has 0 aliphatic heterocycles. The lowest BCUT2D eigenvalue weighted by molar-refractivity contribution is 0.660. The summed E-state index contributed by atoms with van der Waals surface area (Å²) in [6.07, 6.45) is 0. The van der Waals surface area contributed by atoms with E-state index in [1.54, 1.807) is 0 Å². The Morgan fingerprint density at radius 3 is 0.929 bits per heavy atom. The van der Waals surface area contributed by atoms with Gasteiger partial charge in [-0.3, -0.25) is 0 Å². The number of benzene rings is 7. The zero-order valence-corrected chi connectivity index (χ0v) is 49.3. The van der Waals surface area contributed by atoms with Gasteiger partial charge in [-0.15, -0.1) is 30.6 Å². The van der Waals surface area contributed by atoms with Crippen molar-refractivity contribution < 1.29 is 0 Å². The quantitative estimate of drug-likeness (QED) is 0.139. The number of rotatable bonds is 9. The standard InChI is InChI=1S/C72H51N9S3/c1-70(2)54-21-12-9-18-48(54)51-37-40(30-33-55(51)70)58-22-13-25-61(73-58)67-79-76-64(82-67)43-34-44(65-77-80-68(83-65)62-26-14-23-59(74-62)41-28-31-49-46-16-7-10-19-52(46)71(3,4)56(49)38-41)36-45(35-43)66-78-81-69(84-66)63-27-15-24-60(75-63)42-29-32-50-47-17-8-11-20-53(47)72(5,6)57(50)39-42/h7-39H,1-6H3. The molecule has 3 aliphatic carbocycles. The molecule has 12 heteroatoms. The Labute approximate surface area is 498 Å². The first-order chi connectivity index (χ1) is 40.8. The zero-order valence-electron chi connectivity index (χ0n) is 46.8. The molecular formula is C72H51N9S3. The molecule has 0 bridgehead atoms. The van der Waals surface area contributed by atoms with Crippen molar-refractivity contribution in [3.63, 3.8) is 0 Å². The Morgan fingerprint density at radius 2 is 0.524 bits per heavy atom. The second kappa shape index (κ2) is 18.8. The summed E-state index contributed by atoms with van der Waals surface area (Å²) < 4.78 is 0. The minimum Gasteiger partial charge on any atom is -0.245 e. The van der Waals surface area contributed by atoms with Gasteiger partial charge >= 0.3 is 0 Å². The van der Waals surface area contributed by atoms with Gasteiger partial charge in [0.05, 0.1) is 17.1 Å². The van der Waals surface area contributed by atoms with Crippen LogP contribution in [0.2, 0.25) is 0 Å². The first-order valence-electron chi connectivity index (χ1n) is 28.2. The van der Waals surface area contributed by atoms with E-state index in [0.717, 1.165) is 82.6 Å². The van der Waals surface area contributed by atoms with Gasteiger partial charge in [0.2, 0.25) is 0 Å². The van der Waals surface area contributed by atoms with E-state index in [1.165, 1.54) is 101 Å². The molecule has 0 saturated heterocycles. The maximum absolute atomic E-state index is 5.21. The van der Waals surface area contributed by atoms with Gasteiger partial charge in [0, 0.05) is 49.6 Å². The monoisotopic (exact) mass is 1140 g/mol. The van der Waals surface area contributed by atoms with Crippen LogP contribution in [-0.2, 0) is 16.2 Å². The summed E-state index contributed by atoms with van der Waals surface area (Å²) >= 11 is 4.51. The molecule has 0 spiro atoms. The van der Waals surface area contributed by atoms with Crippen molar-refractivity contribution in [3.05, 3.63) is 234 Å². The number of pyridine rings is 3. The van der Waals surface area contributed by atoms with E-state index in [1.807, 2.05) is 18.2 Å². The van der Waals surface area contributed by atoms with Crippen LogP contribution in [0.4, 0.5) is 0 Å². The van der Waals surface area contributed by atoms with Crippen molar-refractivity contribution in [3.8, 4) is 131 Å². The lowest BCUT2D eigenvalue weighted by atomic mass is 9.82. The van der Waals surface area contributed by atoms with Crippen LogP contribution in [-0.4, -0.2) is 45.5 Å². The lowest BCUT2D eigenvalue weighted by Gasteiger charge is -2.21. The molecule has 0 radical (unpaired) electrons. The summed E-state index contributed by atoms with van der Waals surface area (Å²) in [5.41, 5.74) is 26.0. The molecule has 0 atom stereocenters. The average molecular weight is 1140 g/mol. The molecule has 84 heavy (non-hydrogen) atoms. The molecular weight excluding hydrogens is 1090 g/mol. The van der Waals surface area contributed by atoms with Crippen molar-refractivity contribution in [2.45, 2.75) is 57.8 Å². The normalized spacial score (nSPS) is 14.4. The summed E-state index contributed by atoms with van der Waals surface area (Å²) in [6, 6.07) is 71.1. The maximum atomic E-state index is 5.21. The molecule has 0 saturated carbocycles. The fourth-order valence-electron chi connectivity index (χ4n) is 13.1. The van der Waals surface area contributed by atoms with Gasteiger partial charge in [0.25, 0.3) is 0 Å². The highest BCUT2D eigenvalue weighted by Gasteiger charge is 2.38. The van der Waals surface area contributed by atoms with Crippen LogP contribution in [0.5, 0.6) is 0 Å². The predicted octanol–water partition coefficient (Wildman–Crippen LogP) is 18.3. The van der Waals surface area contributed by atoms with Crippen molar-refractivity contribution in [2.75, 3.05) is 0 Å². The molecule has 3 aliphatic rings. The highest BCUT2D eigenvalue weighted by atomic mass is 32.1. The van der Waals surface area contributed by atoms with E-state index in [2.05, 4.69) is 224 Å².